The van der Waals surface area contributed by atoms with E-state index >= 15 is 0 Å². The molecule has 0 aliphatic rings. The number of aromatic nitrogens is 3. The van der Waals surface area contributed by atoms with Gasteiger partial charge in [0.2, 0.25) is 15.6 Å². The standard InChI is InChI=1S/C11H14N4O3S/c1-15-9(4-6-13-15)5-7-14-19(17,18)10-2-3-11(16)12-8-10/h2-4,6,8,14H,5,7H2,1H3,(H,12,16). The first-order valence-corrected chi connectivity index (χ1v) is 7.13. The third-order valence-electron chi connectivity index (χ3n) is 2.66. The van der Waals surface area contributed by atoms with Gasteiger partial charge in [0.05, 0.1) is 4.90 Å². The summed E-state index contributed by atoms with van der Waals surface area (Å²) in [7, 11) is -1.80. The van der Waals surface area contributed by atoms with Gasteiger partial charge in [-0.2, -0.15) is 5.10 Å². The van der Waals surface area contributed by atoms with Crippen molar-refractivity contribution in [3.05, 3.63) is 46.6 Å². The average Bonchev–Trinajstić information content (AvgIpc) is 2.75. The second-order valence-electron chi connectivity index (χ2n) is 3.98. The topological polar surface area (TPSA) is 96.8 Å². The van der Waals surface area contributed by atoms with E-state index < -0.39 is 10.0 Å². The molecule has 0 aliphatic heterocycles. The smallest absolute Gasteiger partial charge is 0.247 e. The van der Waals surface area contributed by atoms with E-state index in [4.69, 9.17) is 0 Å². The molecule has 102 valence electrons. The highest BCUT2D eigenvalue weighted by atomic mass is 32.2. The Kier molecular flexibility index (Phi) is 3.82. The molecule has 0 amide bonds. The van der Waals surface area contributed by atoms with Crippen molar-refractivity contribution in [2.75, 3.05) is 6.54 Å². The van der Waals surface area contributed by atoms with Crippen molar-refractivity contribution in [1.29, 1.82) is 0 Å². The largest absolute Gasteiger partial charge is 0.328 e. The number of hydrogen-bond donors (Lipinski definition) is 2. The molecule has 7 nitrogen and oxygen atoms in total. The van der Waals surface area contributed by atoms with Crippen molar-refractivity contribution in [1.82, 2.24) is 19.5 Å². The Morgan fingerprint density at radius 1 is 1.37 bits per heavy atom. The van der Waals surface area contributed by atoms with Gasteiger partial charge in [-0.25, -0.2) is 13.1 Å². The number of pyridine rings is 1. The molecule has 19 heavy (non-hydrogen) atoms. The predicted molar refractivity (Wildman–Crippen MR) is 69.2 cm³/mol. The third kappa shape index (κ3) is 3.30. The lowest BCUT2D eigenvalue weighted by molar-refractivity contribution is 0.579. The number of H-pyrrole nitrogens is 1. The van der Waals surface area contributed by atoms with E-state index in [1.54, 1.807) is 17.9 Å². The quantitative estimate of drug-likeness (QED) is 0.782. The van der Waals surface area contributed by atoms with E-state index in [-0.39, 0.29) is 17.0 Å². The molecule has 0 bridgehead atoms. The summed E-state index contributed by atoms with van der Waals surface area (Å²) in [4.78, 5) is 13.2. The van der Waals surface area contributed by atoms with Crippen molar-refractivity contribution in [3.8, 4) is 0 Å². The fraction of sp³-hybridized carbons (Fsp3) is 0.273. The van der Waals surface area contributed by atoms with E-state index in [2.05, 4.69) is 14.8 Å². The van der Waals surface area contributed by atoms with Crippen LogP contribution in [0.25, 0.3) is 0 Å². The molecular weight excluding hydrogens is 268 g/mol. The van der Waals surface area contributed by atoms with Gasteiger partial charge in [-0.3, -0.25) is 9.48 Å². The Hall–Kier alpha value is -1.93. The molecule has 0 atom stereocenters. The highest BCUT2D eigenvalue weighted by Crippen LogP contribution is 2.04. The Labute approximate surface area is 110 Å². The second kappa shape index (κ2) is 5.37. The Balaban J connectivity index is 2.00. The van der Waals surface area contributed by atoms with E-state index in [0.29, 0.717) is 6.42 Å². The fourth-order valence-electron chi connectivity index (χ4n) is 1.61. The predicted octanol–water partition coefficient (Wildman–Crippen LogP) is -0.371. The molecule has 2 heterocycles. The van der Waals surface area contributed by atoms with Gasteiger partial charge in [0.1, 0.15) is 0 Å². The zero-order valence-corrected chi connectivity index (χ0v) is 11.1. The summed E-state index contributed by atoms with van der Waals surface area (Å²) in [5.41, 5.74) is 0.595. The van der Waals surface area contributed by atoms with Gasteiger partial charge in [-0.05, 0) is 12.1 Å². The van der Waals surface area contributed by atoms with E-state index in [1.807, 2.05) is 6.07 Å². The van der Waals surface area contributed by atoms with Crippen LogP contribution in [0.4, 0.5) is 0 Å². The molecule has 2 rings (SSSR count). The van der Waals surface area contributed by atoms with Crippen LogP contribution in [0, 0.1) is 0 Å². The number of nitrogens with zero attached hydrogens (tertiary/aromatic N) is 2. The molecule has 8 heteroatoms. The Morgan fingerprint density at radius 3 is 2.74 bits per heavy atom. The van der Waals surface area contributed by atoms with Gasteiger partial charge < -0.3 is 4.98 Å². The molecule has 2 aromatic rings. The van der Waals surface area contributed by atoms with Crippen molar-refractivity contribution in [2.24, 2.45) is 7.05 Å². The Morgan fingerprint density at radius 2 is 2.16 bits per heavy atom. The van der Waals surface area contributed by atoms with Crippen LogP contribution in [0.5, 0.6) is 0 Å². The van der Waals surface area contributed by atoms with Crippen LogP contribution in [0.2, 0.25) is 0 Å². The van der Waals surface area contributed by atoms with Crippen LogP contribution >= 0.6 is 0 Å². The first-order chi connectivity index (χ1) is 8.99. The van der Waals surface area contributed by atoms with Crippen LogP contribution in [0.15, 0.2) is 40.3 Å². The molecule has 2 aromatic heterocycles. The summed E-state index contributed by atoms with van der Waals surface area (Å²) < 4.78 is 28.0. The number of rotatable bonds is 5. The highest BCUT2D eigenvalue weighted by Gasteiger charge is 2.13. The van der Waals surface area contributed by atoms with E-state index in [0.717, 1.165) is 5.69 Å². The van der Waals surface area contributed by atoms with Gasteiger partial charge in [-0.15, -0.1) is 0 Å². The van der Waals surface area contributed by atoms with Crippen LogP contribution in [0.3, 0.4) is 0 Å². The zero-order valence-electron chi connectivity index (χ0n) is 10.3. The zero-order chi connectivity index (χ0) is 13.9. The van der Waals surface area contributed by atoms with Gasteiger partial charge in [0.25, 0.3) is 0 Å². The van der Waals surface area contributed by atoms with Crippen molar-refractivity contribution in [2.45, 2.75) is 11.3 Å². The number of aryl methyl sites for hydroxylation is 1. The van der Waals surface area contributed by atoms with Crippen LogP contribution in [-0.2, 0) is 23.5 Å². The van der Waals surface area contributed by atoms with Crippen molar-refractivity contribution in [3.63, 3.8) is 0 Å². The number of nitrogens with one attached hydrogen (secondary N) is 2. The molecule has 0 unspecified atom stereocenters. The van der Waals surface area contributed by atoms with Crippen LogP contribution in [-0.4, -0.2) is 29.7 Å². The fourth-order valence-corrected chi connectivity index (χ4v) is 2.61. The summed E-state index contributed by atoms with van der Waals surface area (Å²) in [5, 5.41) is 4.00. The first-order valence-electron chi connectivity index (χ1n) is 5.64. The Bertz CT molecular complexity index is 697. The third-order valence-corrected chi connectivity index (χ3v) is 4.12. The average molecular weight is 282 g/mol. The maximum Gasteiger partial charge on any atom is 0.247 e. The van der Waals surface area contributed by atoms with Gasteiger partial charge in [0.15, 0.2) is 0 Å². The minimum atomic E-state index is -3.59. The molecule has 0 spiro atoms. The molecule has 0 saturated heterocycles. The molecule has 0 aromatic carbocycles. The summed E-state index contributed by atoms with van der Waals surface area (Å²) in [6.45, 7) is 0.265. The number of aromatic amines is 1. The molecule has 2 N–H and O–H groups in total. The summed E-state index contributed by atoms with van der Waals surface area (Å²) in [6.07, 6.45) is 3.37. The molecule has 0 radical (unpaired) electrons. The normalized spacial score (nSPS) is 11.6. The second-order valence-corrected chi connectivity index (χ2v) is 5.75. The first kappa shape index (κ1) is 13.5. The summed E-state index contributed by atoms with van der Waals surface area (Å²) in [5.74, 6) is 0. The molecule has 0 aliphatic carbocycles. The lowest BCUT2D eigenvalue weighted by Crippen LogP contribution is -2.27. The molecular formula is C11H14N4O3S. The molecule has 0 fully saturated rings. The van der Waals surface area contributed by atoms with E-state index in [1.165, 1.54) is 18.3 Å². The SMILES string of the molecule is Cn1nccc1CCNS(=O)(=O)c1ccc(=O)[nH]c1. The summed E-state index contributed by atoms with van der Waals surface area (Å²) in [6, 6.07) is 4.27. The van der Waals surface area contributed by atoms with E-state index in [9.17, 15) is 13.2 Å². The maximum atomic E-state index is 11.9. The summed E-state index contributed by atoms with van der Waals surface area (Å²) >= 11 is 0. The minimum absolute atomic E-state index is 0.0390. The van der Waals surface area contributed by atoms with Crippen LogP contribution < -0.4 is 10.3 Å². The van der Waals surface area contributed by atoms with Gasteiger partial charge >= 0.3 is 0 Å². The van der Waals surface area contributed by atoms with Crippen molar-refractivity contribution >= 4 is 10.0 Å². The van der Waals surface area contributed by atoms with Crippen LogP contribution in [0.1, 0.15) is 5.69 Å². The van der Waals surface area contributed by atoms with Gasteiger partial charge in [0, 0.05) is 44.2 Å². The lowest BCUT2D eigenvalue weighted by atomic mass is 10.3. The number of hydrogen-bond acceptors (Lipinski definition) is 4. The van der Waals surface area contributed by atoms with Crippen molar-refractivity contribution < 1.29 is 8.42 Å². The highest BCUT2D eigenvalue weighted by molar-refractivity contribution is 7.89. The lowest BCUT2D eigenvalue weighted by Gasteiger charge is -2.06. The monoisotopic (exact) mass is 282 g/mol. The minimum Gasteiger partial charge on any atom is -0.328 e. The maximum absolute atomic E-state index is 11.9. The molecule has 0 saturated carbocycles. The number of sulfonamides is 1. The van der Waals surface area contributed by atoms with Gasteiger partial charge in [-0.1, -0.05) is 0 Å².